The number of imidazole rings is 1. The molecule has 3 aromatic rings. The first-order valence-electron chi connectivity index (χ1n) is 8.08. The molecule has 2 amide bonds. The van der Waals surface area contributed by atoms with Crippen LogP contribution in [-0.2, 0) is 15.8 Å². The lowest BCUT2D eigenvalue weighted by atomic mass is 10.1. The fourth-order valence-corrected chi connectivity index (χ4v) is 3.16. The molecule has 2 aromatic carbocycles. The highest BCUT2D eigenvalue weighted by molar-refractivity contribution is 6.03. The van der Waals surface area contributed by atoms with Crippen LogP contribution in [0.15, 0.2) is 48.5 Å². The van der Waals surface area contributed by atoms with E-state index in [1.165, 1.54) is 22.8 Å². The van der Waals surface area contributed by atoms with Gasteiger partial charge < -0.3 is 5.32 Å². The second kappa shape index (κ2) is 6.11. The number of anilines is 2. The highest BCUT2D eigenvalue weighted by atomic mass is 19.4. The molecule has 1 atom stereocenters. The van der Waals surface area contributed by atoms with Crippen LogP contribution in [0.1, 0.15) is 18.0 Å². The number of amides is 2. The van der Waals surface area contributed by atoms with Crippen molar-refractivity contribution in [1.29, 1.82) is 0 Å². The average molecular weight is 374 g/mol. The van der Waals surface area contributed by atoms with Crippen molar-refractivity contribution >= 4 is 34.5 Å². The highest BCUT2D eigenvalue weighted by Crippen LogP contribution is 2.36. The third-order valence-electron chi connectivity index (χ3n) is 4.33. The molecule has 0 unspecified atom stereocenters. The fraction of sp³-hybridized carbons (Fsp3) is 0.167. The van der Waals surface area contributed by atoms with Gasteiger partial charge in [0.05, 0.1) is 28.7 Å². The fourth-order valence-electron chi connectivity index (χ4n) is 3.16. The summed E-state index contributed by atoms with van der Waals surface area (Å²) >= 11 is 0. The molecule has 6 nitrogen and oxygen atoms in total. The maximum atomic E-state index is 13.2. The van der Waals surface area contributed by atoms with Crippen molar-refractivity contribution < 1.29 is 22.8 Å². The maximum absolute atomic E-state index is 13.2. The highest BCUT2D eigenvalue weighted by Gasteiger charge is 2.36. The number of alkyl halides is 3. The van der Waals surface area contributed by atoms with Gasteiger partial charge in [0, 0.05) is 0 Å². The van der Waals surface area contributed by atoms with Gasteiger partial charge in [-0.1, -0.05) is 24.3 Å². The van der Waals surface area contributed by atoms with Crippen LogP contribution in [0.2, 0.25) is 0 Å². The van der Waals surface area contributed by atoms with Gasteiger partial charge in [-0.15, -0.1) is 0 Å². The average Bonchev–Trinajstić information content (AvgIpc) is 2.98. The summed E-state index contributed by atoms with van der Waals surface area (Å²) in [5, 5.41) is 4.90. The van der Waals surface area contributed by atoms with Crippen LogP contribution in [0.5, 0.6) is 0 Å². The Balaban J connectivity index is 1.73. The first-order chi connectivity index (χ1) is 12.8. The van der Waals surface area contributed by atoms with Crippen molar-refractivity contribution in [2.24, 2.45) is 0 Å². The normalized spacial score (nSPS) is 16.7. The minimum atomic E-state index is -4.61. The molecule has 4 rings (SSSR count). The van der Waals surface area contributed by atoms with Gasteiger partial charge in [-0.25, -0.2) is 4.98 Å². The van der Waals surface area contributed by atoms with Gasteiger partial charge in [0.15, 0.2) is 0 Å². The number of hydrogen-bond donors (Lipinski definition) is 2. The minimum absolute atomic E-state index is 0.191. The van der Waals surface area contributed by atoms with E-state index in [0.717, 1.165) is 6.07 Å². The smallest absolute Gasteiger partial charge is 0.324 e. The van der Waals surface area contributed by atoms with Crippen LogP contribution >= 0.6 is 0 Å². The Morgan fingerprint density at radius 2 is 1.85 bits per heavy atom. The van der Waals surface area contributed by atoms with E-state index in [9.17, 15) is 22.8 Å². The molecule has 9 heteroatoms. The molecular formula is C18H13F3N4O2. The van der Waals surface area contributed by atoms with Crippen molar-refractivity contribution in [3.05, 3.63) is 54.1 Å². The van der Waals surface area contributed by atoms with Crippen LogP contribution in [0, 0.1) is 0 Å². The summed E-state index contributed by atoms with van der Waals surface area (Å²) in [6.45, 7) is 0. The predicted molar refractivity (Wildman–Crippen MR) is 92.1 cm³/mol. The van der Waals surface area contributed by atoms with Crippen molar-refractivity contribution in [1.82, 2.24) is 9.55 Å². The Morgan fingerprint density at radius 3 is 2.63 bits per heavy atom. The molecule has 1 aliphatic heterocycles. The van der Waals surface area contributed by atoms with E-state index in [2.05, 4.69) is 15.6 Å². The van der Waals surface area contributed by atoms with Crippen LogP contribution in [-0.4, -0.2) is 21.4 Å². The maximum Gasteiger partial charge on any atom is 0.418 e. The zero-order valence-electron chi connectivity index (χ0n) is 13.7. The predicted octanol–water partition coefficient (Wildman–Crippen LogP) is 3.58. The van der Waals surface area contributed by atoms with Gasteiger partial charge in [-0.3, -0.25) is 19.5 Å². The van der Waals surface area contributed by atoms with Crippen molar-refractivity contribution in [3.63, 3.8) is 0 Å². The number of aromatic nitrogens is 2. The van der Waals surface area contributed by atoms with Gasteiger partial charge in [-0.2, -0.15) is 13.2 Å². The Morgan fingerprint density at radius 1 is 1.15 bits per heavy atom. The van der Waals surface area contributed by atoms with E-state index in [0.29, 0.717) is 11.0 Å². The standard InChI is InChI=1S/C18H13F3N4O2/c19-18(20,21)10-5-1-2-6-11(10)22-16(27)14-9-15(26)24-17-23-12-7-3-4-8-13(12)25(14)17/h1-8,14H,9H2,(H,22,27)(H,23,24,26)/t14-/m0/s1. The number of rotatable bonds is 2. The SMILES string of the molecule is O=C1C[C@@H](C(=O)Nc2ccccc2C(F)(F)F)n2c(nc3ccccc32)N1. The van der Waals surface area contributed by atoms with Crippen LogP contribution < -0.4 is 10.6 Å². The third kappa shape index (κ3) is 3.01. The van der Waals surface area contributed by atoms with Gasteiger partial charge in [0.1, 0.15) is 6.04 Å². The molecular weight excluding hydrogens is 361 g/mol. The van der Waals surface area contributed by atoms with Gasteiger partial charge >= 0.3 is 6.18 Å². The molecule has 2 N–H and O–H groups in total. The number of halogens is 3. The molecule has 2 heterocycles. The number of para-hydroxylation sites is 3. The van der Waals surface area contributed by atoms with Gasteiger partial charge in [0.25, 0.3) is 0 Å². The zero-order chi connectivity index (χ0) is 19.2. The third-order valence-corrected chi connectivity index (χ3v) is 4.33. The lowest BCUT2D eigenvalue weighted by molar-refractivity contribution is -0.137. The molecule has 27 heavy (non-hydrogen) atoms. The Labute approximate surface area is 151 Å². The summed E-state index contributed by atoms with van der Waals surface area (Å²) in [6.07, 6.45) is -4.81. The van der Waals surface area contributed by atoms with Gasteiger partial charge in [0.2, 0.25) is 17.8 Å². The lowest BCUT2D eigenvalue weighted by Crippen LogP contribution is -2.35. The molecule has 1 aromatic heterocycles. The number of hydrogen-bond acceptors (Lipinski definition) is 3. The minimum Gasteiger partial charge on any atom is -0.324 e. The first-order valence-corrected chi connectivity index (χ1v) is 8.08. The van der Waals surface area contributed by atoms with Crippen molar-refractivity contribution in [2.75, 3.05) is 10.6 Å². The zero-order valence-corrected chi connectivity index (χ0v) is 13.7. The summed E-state index contributed by atoms with van der Waals surface area (Å²) < 4.78 is 41.0. The number of nitrogens with zero attached hydrogens (tertiary/aromatic N) is 2. The second-order valence-corrected chi connectivity index (χ2v) is 6.09. The van der Waals surface area contributed by atoms with E-state index >= 15 is 0 Å². The number of carbonyl (C=O) groups is 2. The molecule has 0 radical (unpaired) electrons. The molecule has 1 aliphatic rings. The molecule has 0 saturated heterocycles. The van der Waals surface area contributed by atoms with E-state index < -0.39 is 29.6 Å². The Hall–Kier alpha value is -3.36. The van der Waals surface area contributed by atoms with E-state index in [1.807, 2.05) is 0 Å². The Kier molecular flexibility index (Phi) is 3.87. The molecule has 0 saturated carbocycles. The van der Waals surface area contributed by atoms with Crippen molar-refractivity contribution in [2.45, 2.75) is 18.6 Å². The summed E-state index contributed by atoms with van der Waals surface area (Å²) in [5.74, 6) is -0.954. The molecule has 138 valence electrons. The second-order valence-electron chi connectivity index (χ2n) is 6.09. The van der Waals surface area contributed by atoms with Crippen LogP contribution in [0.4, 0.5) is 24.8 Å². The summed E-state index contributed by atoms with van der Waals surface area (Å²) in [7, 11) is 0. The van der Waals surface area contributed by atoms with Crippen LogP contribution in [0.3, 0.4) is 0 Å². The number of nitrogens with one attached hydrogen (secondary N) is 2. The van der Waals surface area contributed by atoms with Gasteiger partial charge in [-0.05, 0) is 24.3 Å². The molecule has 0 fully saturated rings. The Bertz CT molecular complexity index is 1060. The summed E-state index contributed by atoms with van der Waals surface area (Å²) in [5.41, 5.74) is -0.124. The number of fused-ring (bicyclic) bond motifs is 3. The summed E-state index contributed by atoms with van der Waals surface area (Å²) in [6, 6.07) is 10.7. The van der Waals surface area contributed by atoms with E-state index in [-0.39, 0.29) is 18.1 Å². The largest absolute Gasteiger partial charge is 0.418 e. The number of benzene rings is 2. The summed E-state index contributed by atoms with van der Waals surface area (Å²) in [4.78, 5) is 29.0. The van der Waals surface area contributed by atoms with Crippen molar-refractivity contribution in [3.8, 4) is 0 Å². The van der Waals surface area contributed by atoms with E-state index in [1.54, 1.807) is 24.3 Å². The molecule has 0 aliphatic carbocycles. The monoisotopic (exact) mass is 374 g/mol. The van der Waals surface area contributed by atoms with E-state index in [4.69, 9.17) is 0 Å². The molecule has 0 spiro atoms. The quantitative estimate of drug-likeness (QED) is 0.720. The molecule has 0 bridgehead atoms. The number of carbonyl (C=O) groups excluding carboxylic acids is 2. The first kappa shape index (κ1) is 17.1. The lowest BCUT2D eigenvalue weighted by Gasteiger charge is -2.25. The van der Waals surface area contributed by atoms with Crippen LogP contribution in [0.25, 0.3) is 11.0 Å². The topological polar surface area (TPSA) is 76.0 Å².